The molecule has 0 atom stereocenters. The van der Waals surface area contributed by atoms with Crippen LogP contribution in [0.4, 0.5) is 15.8 Å². The summed E-state index contributed by atoms with van der Waals surface area (Å²) in [5.41, 5.74) is 1.90. The second-order valence-electron chi connectivity index (χ2n) is 7.47. The number of benzene rings is 3. The van der Waals surface area contributed by atoms with Gasteiger partial charge >= 0.3 is 5.97 Å². The molecule has 4 rings (SSSR count). The normalized spacial score (nSPS) is 13.2. The topological polar surface area (TPSA) is 92.8 Å². The quantitative estimate of drug-likeness (QED) is 0.572. The smallest absolute Gasteiger partial charge is 0.338 e. The molecule has 0 radical (unpaired) electrons. The van der Waals surface area contributed by atoms with E-state index < -0.39 is 27.7 Å². The summed E-state index contributed by atoms with van der Waals surface area (Å²) in [5, 5.41) is 2.73. The number of nitrogens with zero attached hydrogens (tertiary/aromatic N) is 1. The summed E-state index contributed by atoms with van der Waals surface area (Å²) in [6.45, 7) is 0.259. The lowest BCUT2D eigenvalue weighted by Gasteiger charge is -2.31. The van der Waals surface area contributed by atoms with Crippen LogP contribution in [0.2, 0.25) is 0 Å². The number of carbonyl (C=O) groups excluding carboxylic acids is 2. The molecule has 0 bridgehead atoms. The largest absolute Gasteiger partial charge is 0.465 e. The molecule has 0 fully saturated rings. The predicted molar refractivity (Wildman–Crippen MR) is 121 cm³/mol. The zero-order chi connectivity index (χ0) is 23.6. The van der Waals surface area contributed by atoms with Gasteiger partial charge in [0.2, 0.25) is 0 Å². The van der Waals surface area contributed by atoms with Gasteiger partial charge in [0, 0.05) is 12.2 Å². The van der Waals surface area contributed by atoms with E-state index in [-0.39, 0.29) is 22.6 Å². The lowest BCUT2D eigenvalue weighted by Crippen LogP contribution is -2.35. The highest BCUT2D eigenvalue weighted by molar-refractivity contribution is 7.92. The van der Waals surface area contributed by atoms with Gasteiger partial charge in [-0.3, -0.25) is 9.10 Å². The summed E-state index contributed by atoms with van der Waals surface area (Å²) in [6, 6.07) is 16.0. The molecule has 1 amide bonds. The SMILES string of the molecule is COC(=O)c1ccccc1C(=O)Nc1ccc2c(c1)N(S(=O)(=O)c1ccc(F)cc1)CCC2. The summed E-state index contributed by atoms with van der Waals surface area (Å²) in [5.74, 6) is -1.69. The first-order valence-corrected chi connectivity index (χ1v) is 11.6. The molecule has 0 aliphatic carbocycles. The molecule has 3 aromatic carbocycles. The van der Waals surface area contributed by atoms with Gasteiger partial charge in [-0.15, -0.1) is 0 Å². The van der Waals surface area contributed by atoms with Crippen LogP contribution in [-0.4, -0.2) is 33.9 Å². The Kier molecular flexibility index (Phi) is 6.15. The Balaban J connectivity index is 1.66. The van der Waals surface area contributed by atoms with Crippen molar-refractivity contribution in [2.24, 2.45) is 0 Å². The van der Waals surface area contributed by atoms with Crippen molar-refractivity contribution in [2.75, 3.05) is 23.3 Å². The number of halogens is 1. The van der Waals surface area contributed by atoms with E-state index in [1.807, 2.05) is 0 Å². The standard InChI is InChI=1S/C24H21FN2O5S/c1-32-24(29)21-7-3-2-6-20(21)23(28)26-18-11-8-16-5-4-14-27(22(16)15-18)33(30,31)19-12-9-17(25)10-13-19/h2-3,6-13,15H,4-5,14H2,1H3,(H,26,28). The molecule has 0 spiro atoms. The van der Waals surface area contributed by atoms with Crippen LogP contribution < -0.4 is 9.62 Å². The summed E-state index contributed by atoms with van der Waals surface area (Å²) in [6.07, 6.45) is 1.32. The number of fused-ring (bicyclic) bond motifs is 1. The number of anilines is 2. The number of hydrogen-bond acceptors (Lipinski definition) is 5. The van der Waals surface area contributed by atoms with Crippen LogP contribution in [0.5, 0.6) is 0 Å². The fourth-order valence-electron chi connectivity index (χ4n) is 3.77. The average molecular weight is 469 g/mol. The Morgan fingerprint density at radius 2 is 1.70 bits per heavy atom. The molecule has 33 heavy (non-hydrogen) atoms. The molecule has 0 aromatic heterocycles. The molecule has 9 heteroatoms. The molecular weight excluding hydrogens is 447 g/mol. The summed E-state index contributed by atoms with van der Waals surface area (Å²) in [4.78, 5) is 24.8. The van der Waals surface area contributed by atoms with E-state index in [0.717, 1.165) is 17.7 Å². The van der Waals surface area contributed by atoms with Crippen molar-refractivity contribution in [1.29, 1.82) is 0 Å². The predicted octanol–water partition coefficient (Wildman–Crippen LogP) is 4.01. The third-order valence-electron chi connectivity index (χ3n) is 5.40. The van der Waals surface area contributed by atoms with Gasteiger partial charge in [-0.2, -0.15) is 0 Å². The first-order valence-electron chi connectivity index (χ1n) is 10.2. The van der Waals surface area contributed by atoms with E-state index in [1.54, 1.807) is 30.3 Å². The molecule has 0 saturated carbocycles. The molecule has 0 saturated heterocycles. The number of aryl methyl sites for hydroxylation is 1. The van der Waals surface area contributed by atoms with Crippen molar-refractivity contribution in [2.45, 2.75) is 17.7 Å². The number of ether oxygens (including phenoxy) is 1. The van der Waals surface area contributed by atoms with Crippen LogP contribution in [0.1, 0.15) is 32.7 Å². The van der Waals surface area contributed by atoms with Crippen LogP contribution in [0.15, 0.2) is 71.6 Å². The summed E-state index contributed by atoms with van der Waals surface area (Å²) < 4.78 is 45.8. The molecule has 170 valence electrons. The highest BCUT2D eigenvalue weighted by Crippen LogP contribution is 2.34. The summed E-state index contributed by atoms with van der Waals surface area (Å²) in [7, 11) is -2.69. The Bertz CT molecular complexity index is 1320. The molecule has 1 N–H and O–H groups in total. The second kappa shape index (κ2) is 9.03. The molecule has 1 aliphatic heterocycles. The Morgan fingerprint density at radius 1 is 1.00 bits per heavy atom. The maximum atomic E-state index is 13.3. The number of hydrogen-bond donors (Lipinski definition) is 1. The molecule has 3 aromatic rings. The van der Waals surface area contributed by atoms with Gasteiger partial charge in [-0.05, 0) is 66.9 Å². The lowest BCUT2D eigenvalue weighted by atomic mass is 10.0. The van der Waals surface area contributed by atoms with Crippen molar-refractivity contribution in [3.05, 3.63) is 89.2 Å². The number of nitrogens with one attached hydrogen (secondary N) is 1. The van der Waals surface area contributed by atoms with E-state index in [2.05, 4.69) is 5.32 Å². The fraction of sp³-hybridized carbons (Fsp3) is 0.167. The van der Waals surface area contributed by atoms with Crippen molar-refractivity contribution < 1.29 is 27.1 Å². The molecule has 7 nitrogen and oxygen atoms in total. The number of amides is 1. The minimum atomic E-state index is -3.92. The Labute approximate surface area is 190 Å². The molecular formula is C24H21FN2O5S. The zero-order valence-electron chi connectivity index (χ0n) is 17.7. The summed E-state index contributed by atoms with van der Waals surface area (Å²) >= 11 is 0. The average Bonchev–Trinajstić information content (AvgIpc) is 2.83. The van der Waals surface area contributed by atoms with E-state index >= 15 is 0 Å². The van der Waals surface area contributed by atoms with Crippen molar-refractivity contribution in [1.82, 2.24) is 0 Å². The van der Waals surface area contributed by atoms with Crippen LogP contribution in [0.25, 0.3) is 0 Å². The van der Waals surface area contributed by atoms with Gasteiger partial charge in [-0.1, -0.05) is 18.2 Å². The van der Waals surface area contributed by atoms with Crippen molar-refractivity contribution >= 4 is 33.3 Å². The third-order valence-corrected chi connectivity index (χ3v) is 7.23. The molecule has 1 heterocycles. The lowest BCUT2D eigenvalue weighted by molar-refractivity contribution is 0.0597. The van der Waals surface area contributed by atoms with E-state index in [0.29, 0.717) is 24.2 Å². The molecule has 1 aliphatic rings. The highest BCUT2D eigenvalue weighted by atomic mass is 32.2. The van der Waals surface area contributed by atoms with Gasteiger partial charge < -0.3 is 10.1 Å². The van der Waals surface area contributed by atoms with Crippen molar-refractivity contribution in [3.63, 3.8) is 0 Å². The number of carbonyl (C=O) groups is 2. The second-order valence-corrected chi connectivity index (χ2v) is 9.33. The third kappa shape index (κ3) is 4.45. The van der Waals surface area contributed by atoms with Gasteiger partial charge in [0.25, 0.3) is 15.9 Å². The highest BCUT2D eigenvalue weighted by Gasteiger charge is 2.29. The van der Waals surface area contributed by atoms with E-state index in [4.69, 9.17) is 4.74 Å². The van der Waals surface area contributed by atoms with Gasteiger partial charge in [-0.25, -0.2) is 17.6 Å². The zero-order valence-corrected chi connectivity index (χ0v) is 18.6. The van der Waals surface area contributed by atoms with E-state index in [9.17, 15) is 22.4 Å². The van der Waals surface area contributed by atoms with Gasteiger partial charge in [0.05, 0.1) is 28.8 Å². The first kappa shape index (κ1) is 22.5. The first-order chi connectivity index (χ1) is 15.8. The minimum Gasteiger partial charge on any atom is -0.465 e. The van der Waals surface area contributed by atoms with Gasteiger partial charge in [0.15, 0.2) is 0 Å². The Hall–Kier alpha value is -3.72. The van der Waals surface area contributed by atoms with Crippen molar-refractivity contribution in [3.8, 4) is 0 Å². The van der Waals surface area contributed by atoms with Gasteiger partial charge in [0.1, 0.15) is 5.82 Å². The number of esters is 1. The van der Waals surface area contributed by atoms with Crippen LogP contribution in [-0.2, 0) is 21.2 Å². The van der Waals surface area contributed by atoms with Crippen LogP contribution in [0.3, 0.4) is 0 Å². The number of rotatable bonds is 5. The Morgan fingerprint density at radius 3 is 2.39 bits per heavy atom. The minimum absolute atomic E-state index is 0.0156. The number of methoxy groups -OCH3 is 1. The van der Waals surface area contributed by atoms with Crippen LogP contribution in [0, 0.1) is 5.82 Å². The molecule has 0 unspecified atom stereocenters. The van der Waals surface area contributed by atoms with E-state index in [1.165, 1.54) is 35.7 Å². The number of sulfonamides is 1. The maximum absolute atomic E-state index is 13.3. The van der Waals surface area contributed by atoms with Crippen LogP contribution >= 0.6 is 0 Å². The monoisotopic (exact) mass is 468 g/mol. The fourth-order valence-corrected chi connectivity index (χ4v) is 5.30. The maximum Gasteiger partial charge on any atom is 0.338 e.